The Morgan fingerprint density at radius 3 is 2.33 bits per heavy atom. The van der Waals surface area contributed by atoms with Crippen LogP contribution < -0.4 is 19.4 Å². The number of amides is 2. The number of aryl methyl sites for hydroxylation is 1. The number of nitrogens with zero attached hydrogens (tertiary/aromatic N) is 2. The molecule has 7 heteroatoms. The van der Waals surface area contributed by atoms with E-state index >= 15 is 0 Å². The van der Waals surface area contributed by atoms with Gasteiger partial charge in [0.05, 0.1) is 31.1 Å². The van der Waals surface area contributed by atoms with Crippen LogP contribution in [0.15, 0.2) is 72.8 Å². The Morgan fingerprint density at radius 1 is 0.889 bits per heavy atom. The predicted molar refractivity (Wildman–Crippen MR) is 137 cm³/mol. The van der Waals surface area contributed by atoms with Crippen LogP contribution in [0, 0.1) is 12.8 Å². The first-order valence-electron chi connectivity index (χ1n) is 12.3. The van der Waals surface area contributed by atoms with Gasteiger partial charge in [-0.2, -0.15) is 0 Å². The van der Waals surface area contributed by atoms with E-state index in [1.165, 1.54) is 4.90 Å². The van der Waals surface area contributed by atoms with Gasteiger partial charge in [-0.05, 0) is 55.3 Å². The van der Waals surface area contributed by atoms with Gasteiger partial charge >= 0.3 is 0 Å². The van der Waals surface area contributed by atoms with E-state index in [0.717, 1.165) is 29.7 Å². The van der Waals surface area contributed by atoms with E-state index in [1.54, 1.807) is 24.3 Å². The second-order valence-electron chi connectivity index (χ2n) is 9.12. The smallest absolute Gasteiger partial charge is 0.266 e. The summed E-state index contributed by atoms with van der Waals surface area (Å²) in [7, 11) is 1.60. The highest BCUT2D eigenvalue weighted by Crippen LogP contribution is 2.48. The van der Waals surface area contributed by atoms with Gasteiger partial charge in [0.2, 0.25) is 5.91 Å². The number of para-hydroxylation sites is 1. The largest absolute Gasteiger partial charge is 0.493 e. The fourth-order valence-corrected chi connectivity index (χ4v) is 4.81. The van der Waals surface area contributed by atoms with Crippen LogP contribution in [0.1, 0.15) is 36.9 Å². The van der Waals surface area contributed by atoms with Crippen molar-refractivity contribution >= 4 is 23.2 Å². The van der Waals surface area contributed by atoms with Gasteiger partial charge in [-0.25, -0.2) is 9.96 Å². The average molecular weight is 487 g/mol. The number of carbonyl (C=O) groups is 2. The second kappa shape index (κ2) is 10.0. The Labute approximate surface area is 211 Å². The van der Waals surface area contributed by atoms with Crippen LogP contribution in [0.2, 0.25) is 0 Å². The number of rotatable bonds is 8. The van der Waals surface area contributed by atoms with Gasteiger partial charge in [-0.3, -0.25) is 14.4 Å². The number of carbonyl (C=O) groups excluding carboxylic acids is 2. The Kier molecular flexibility index (Phi) is 6.65. The highest BCUT2D eigenvalue weighted by atomic mass is 16.7. The summed E-state index contributed by atoms with van der Waals surface area (Å²) in [6, 6.07) is 22.0. The third kappa shape index (κ3) is 4.20. The molecule has 0 N–H and O–H groups in total. The van der Waals surface area contributed by atoms with Gasteiger partial charge in [0, 0.05) is 0 Å². The molecule has 2 fully saturated rings. The molecule has 0 radical (unpaired) electrons. The normalized spacial score (nSPS) is 21.1. The van der Waals surface area contributed by atoms with E-state index in [-0.39, 0.29) is 11.8 Å². The molecule has 3 aromatic rings. The maximum atomic E-state index is 13.8. The van der Waals surface area contributed by atoms with Crippen LogP contribution >= 0.6 is 0 Å². The van der Waals surface area contributed by atoms with E-state index in [1.807, 2.05) is 67.6 Å². The molecule has 5 rings (SSSR count). The molecular weight excluding hydrogens is 456 g/mol. The Hall–Kier alpha value is -3.84. The minimum Gasteiger partial charge on any atom is -0.493 e. The zero-order valence-corrected chi connectivity index (χ0v) is 20.7. The molecule has 7 nitrogen and oxygen atoms in total. The number of unbranched alkanes of at least 4 members (excludes halogenated alkanes) is 1. The summed E-state index contributed by atoms with van der Waals surface area (Å²) in [5, 5.41) is 1.68. The van der Waals surface area contributed by atoms with E-state index in [4.69, 9.17) is 14.3 Å². The molecule has 0 bridgehead atoms. The molecule has 3 unspecified atom stereocenters. The van der Waals surface area contributed by atoms with E-state index in [2.05, 4.69) is 6.92 Å². The minimum absolute atomic E-state index is 0.278. The number of anilines is 2. The molecule has 0 spiro atoms. The number of imide groups is 1. The summed E-state index contributed by atoms with van der Waals surface area (Å²) in [5.74, 6) is -0.127. The van der Waals surface area contributed by atoms with Crippen molar-refractivity contribution in [1.29, 1.82) is 0 Å². The van der Waals surface area contributed by atoms with Crippen molar-refractivity contribution in [2.45, 2.75) is 38.8 Å². The summed E-state index contributed by atoms with van der Waals surface area (Å²) in [4.78, 5) is 34.7. The minimum atomic E-state index is -0.921. The third-order valence-corrected chi connectivity index (χ3v) is 6.70. The Bertz CT molecular complexity index is 1240. The van der Waals surface area contributed by atoms with Gasteiger partial charge in [0.1, 0.15) is 5.92 Å². The molecule has 3 atom stereocenters. The number of hydroxylamine groups is 1. The lowest BCUT2D eigenvalue weighted by atomic mass is 9.90. The van der Waals surface area contributed by atoms with Crippen LogP contribution in [0.3, 0.4) is 0 Å². The first-order valence-corrected chi connectivity index (χ1v) is 12.3. The highest BCUT2D eigenvalue weighted by Gasteiger charge is 2.60. The van der Waals surface area contributed by atoms with Crippen molar-refractivity contribution in [2.75, 3.05) is 23.7 Å². The zero-order chi connectivity index (χ0) is 25.2. The molecule has 0 aliphatic carbocycles. The maximum absolute atomic E-state index is 13.8. The lowest BCUT2D eigenvalue weighted by Gasteiger charge is -2.29. The summed E-state index contributed by atoms with van der Waals surface area (Å²) in [6.07, 6.45) is 1.05. The number of fused-ring (bicyclic) bond motifs is 1. The van der Waals surface area contributed by atoms with E-state index in [9.17, 15) is 9.59 Å². The molecule has 2 aliphatic heterocycles. The van der Waals surface area contributed by atoms with Crippen molar-refractivity contribution in [3.8, 4) is 11.5 Å². The fourth-order valence-electron chi connectivity index (χ4n) is 4.81. The van der Waals surface area contributed by atoms with Crippen molar-refractivity contribution in [1.82, 2.24) is 0 Å². The standard InChI is InChI=1S/C29H30N2O5/c1-4-5-17-35-23-16-13-20(18-24(23)34-3)26-25-27(36-31(26)22-9-7-6-8-10-22)29(33)30(28(25)32)21-14-11-19(2)12-15-21/h6-16,18,25-27H,4-5,17H2,1-3H3. The van der Waals surface area contributed by atoms with Gasteiger partial charge < -0.3 is 9.47 Å². The van der Waals surface area contributed by atoms with Crippen molar-refractivity contribution in [2.24, 2.45) is 5.92 Å². The summed E-state index contributed by atoms with van der Waals surface area (Å²) >= 11 is 0. The molecule has 2 saturated heterocycles. The lowest BCUT2D eigenvalue weighted by Crippen LogP contribution is -2.37. The Balaban J connectivity index is 1.54. The summed E-state index contributed by atoms with van der Waals surface area (Å²) in [6.45, 7) is 4.67. The van der Waals surface area contributed by atoms with E-state index < -0.39 is 18.1 Å². The molecule has 0 saturated carbocycles. The number of hydrogen-bond donors (Lipinski definition) is 0. The van der Waals surface area contributed by atoms with Gasteiger partial charge in [0.15, 0.2) is 17.6 Å². The molecule has 0 aromatic heterocycles. The van der Waals surface area contributed by atoms with Crippen LogP contribution in [-0.2, 0) is 14.4 Å². The van der Waals surface area contributed by atoms with Crippen LogP contribution in [-0.4, -0.2) is 31.6 Å². The summed E-state index contributed by atoms with van der Waals surface area (Å²) in [5.41, 5.74) is 3.17. The van der Waals surface area contributed by atoms with Crippen LogP contribution in [0.4, 0.5) is 11.4 Å². The average Bonchev–Trinajstić information content (AvgIpc) is 3.41. The molecule has 186 valence electrons. The Morgan fingerprint density at radius 2 is 1.64 bits per heavy atom. The molecular formula is C29H30N2O5. The van der Waals surface area contributed by atoms with E-state index in [0.29, 0.717) is 23.8 Å². The topological polar surface area (TPSA) is 68.3 Å². The predicted octanol–water partition coefficient (Wildman–Crippen LogP) is 5.23. The lowest BCUT2D eigenvalue weighted by molar-refractivity contribution is -0.126. The molecule has 3 aromatic carbocycles. The van der Waals surface area contributed by atoms with Crippen LogP contribution in [0.25, 0.3) is 0 Å². The zero-order valence-electron chi connectivity index (χ0n) is 20.7. The SMILES string of the molecule is CCCCOc1ccc(C2C3C(=O)N(c4ccc(C)cc4)C(=O)C3ON2c2ccccc2)cc1OC. The summed E-state index contributed by atoms with van der Waals surface area (Å²) < 4.78 is 11.5. The van der Waals surface area contributed by atoms with Gasteiger partial charge in [-0.15, -0.1) is 0 Å². The molecule has 2 aliphatic rings. The molecule has 36 heavy (non-hydrogen) atoms. The number of hydrogen-bond acceptors (Lipinski definition) is 6. The third-order valence-electron chi connectivity index (χ3n) is 6.70. The van der Waals surface area contributed by atoms with Crippen molar-refractivity contribution in [3.05, 3.63) is 83.9 Å². The first-order chi connectivity index (χ1) is 17.5. The number of methoxy groups -OCH3 is 1. The van der Waals surface area contributed by atoms with Crippen LogP contribution in [0.5, 0.6) is 11.5 Å². The van der Waals surface area contributed by atoms with Crippen molar-refractivity contribution in [3.63, 3.8) is 0 Å². The monoisotopic (exact) mass is 486 g/mol. The number of ether oxygens (including phenoxy) is 2. The van der Waals surface area contributed by atoms with Crippen molar-refractivity contribution < 1.29 is 23.9 Å². The molecule has 2 heterocycles. The molecule has 2 amide bonds. The fraction of sp³-hybridized carbons (Fsp3) is 0.310. The quantitative estimate of drug-likeness (QED) is 0.321. The second-order valence-corrected chi connectivity index (χ2v) is 9.12. The van der Waals surface area contributed by atoms with Gasteiger partial charge in [0.25, 0.3) is 5.91 Å². The maximum Gasteiger partial charge on any atom is 0.266 e. The highest BCUT2D eigenvalue weighted by molar-refractivity contribution is 6.23. The van der Waals surface area contributed by atoms with Gasteiger partial charge in [-0.1, -0.05) is 55.3 Å². The first kappa shape index (κ1) is 23.9. The number of benzene rings is 3.